The summed E-state index contributed by atoms with van der Waals surface area (Å²) in [6.45, 7) is 3.72. The largest absolute Gasteiger partial charge is 0.397 e. The molecule has 0 aliphatic heterocycles. The first-order valence-electron chi connectivity index (χ1n) is 7.20. The monoisotopic (exact) mass is 280 g/mol. The molecular formula is C17H20N4. The van der Waals surface area contributed by atoms with E-state index >= 15 is 0 Å². The van der Waals surface area contributed by atoms with Crippen LogP contribution in [0.5, 0.6) is 0 Å². The Morgan fingerprint density at radius 1 is 1.10 bits per heavy atom. The van der Waals surface area contributed by atoms with E-state index < -0.39 is 0 Å². The van der Waals surface area contributed by atoms with Gasteiger partial charge in [0.15, 0.2) is 0 Å². The summed E-state index contributed by atoms with van der Waals surface area (Å²) in [6.07, 6.45) is 0. The molecule has 4 nitrogen and oxygen atoms in total. The number of nitrogens with two attached hydrogens (primary N) is 1. The van der Waals surface area contributed by atoms with Crippen LogP contribution in [0.2, 0.25) is 0 Å². The third kappa shape index (κ3) is 2.44. The normalized spacial score (nSPS) is 11.0. The Morgan fingerprint density at radius 2 is 1.81 bits per heavy atom. The van der Waals surface area contributed by atoms with Gasteiger partial charge in [0.05, 0.1) is 29.1 Å². The summed E-state index contributed by atoms with van der Waals surface area (Å²) in [5.41, 5.74) is 10.1. The molecule has 0 radical (unpaired) electrons. The van der Waals surface area contributed by atoms with Gasteiger partial charge in [-0.1, -0.05) is 30.3 Å². The van der Waals surface area contributed by atoms with E-state index in [4.69, 9.17) is 10.8 Å². The SMILES string of the molecule is CCn1nc(CN(C)c2ccccc2N)c2ccccc21. The molecule has 0 aliphatic rings. The molecular weight excluding hydrogens is 260 g/mol. The predicted octanol–water partition coefficient (Wildman–Crippen LogP) is 3.27. The number of anilines is 2. The van der Waals surface area contributed by atoms with Crippen LogP contribution in [0.1, 0.15) is 12.6 Å². The minimum absolute atomic E-state index is 0.738. The molecule has 2 N–H and O–H groups in total. The van der Waals surface area contributed by atoms with Gasteiger partial charge in [-0.25, -0.2) is 0 Å². The number of hydrogen-bond donors (Lipinski definition) is 1. The summed E-state index contributed by atoms with van der Waals surface area (Å²) >= 11 is 0. The topological polar surface area (TPSA) is 47.1 Å². The van der Waals surface area contributed by atoms with Crippen LogP contribution in [0.15, 0.2) is 48.5 Å². The zero-order chi connectivity index (χ0) is 14.8. The lowest BCUT2D eigenvalue weighted by Crippen LogP contribution is -2.18. The summed E-state index contributed by atoms with van der Waals surface area (Å²) in [7, 11) is 2.05. The highest BCUT2D eigenvalue weighted by atomic mass is 15.3. The highest BCUT2D eigenvalue weighted by molar-refractivity contribution is 5.82. The molecule has 0 bridgehead atoms. The van der Waals surface area contributed by atoms with Crippen molar-refractivity contribution in [2.45, 2.75) is 20.0 Å². The fourth-order valence-corrected chi connectivity index (χ4v) is 2.70. The fourth-order valence-electron chi connectivity index (χ4n) is 2.70. The Balaban J connectivity index is 1.97. The molecule has 1 aromatic heterocycles. The number of aromatic nitrogens is 2. The summed E-state index contributed by atoms with van der Waals surface area (Å²) < 4.78 is 2.05. The highest BCUT2D eigenvalue weighted by Gasteiger charge is 2.12. The van der Waals surface area contributed by atoms with Crippen molar-refractivity contribution in [1.29, 1.82) is 0 Å². The van der Waals surface area contributed by atoms with Crippen molar-refractivity contribution in [2.24, 2.45) is 0 Å². The van der Waals surface area contributed by atoms with E-state index in [2.05, 4.69) is 36.1 Å². The van der Waals surface area contributed by atoms with E-state index in [1.807, 2.05) is 36.0 Å². The first-order chi connectivity index (χ1) is 10.2. The lowest BCUT2D eigenvalue weighted by Gasteiger charge is -2.20. The minimum Gasteiger partial charge on any atom is -0.397 e. The van der Waals surface area contributed by atoms with E-state index in [0.29, 0.717) is 0 Å². The van der Waals surface area contributed by atoms with Crippen LogP contribution in [-0.2, 0) is 13.1 Å². The summed E-state index contributed by atoms with van der Waals surface area (Å²) in [4.78, 5) is 2.14. The maximum Gasteiger partial charge on any atom is 0.0896 e. The summed E-state index contributed by atoms with van der Waals surface area (Å²) in [6, 6.07) is 16.3. The standard InChI is InChI=1S/C17H20N4/c1-3-21-16-10-6-4-8-13(16)15(19-21)12-20(2)17-11-7-5-9-14(17)18/h4-11H,3,12,18H2,1-2H3. The molecule has 0 atom stereocenters. The van der Waals surface area contributed by atoms with Crippen LogP contribution in [0.25, 0.3) is 10.9 Å². The molecule has 108 valence electrons. The van der Waals surface area contributed by atoms with Crippen molar-refractivity contribution in [3.63, 3.8) is 0 Å². The third-order valence-corrected chi connectivity index (χ3v) is 3.77. The van der Waals surface area contributed by atoms with Gasteiger partial charge in [0.2, 0.25) is 0 Å². The van der Waals surface area contributed by atoms with Gasteiger partial charge in [-0.05, 0) is 25.1 Å². The van der Waals surface area contributed by atoms with E-state index in [-0.39, 0.29) is 0 Å². The van der Waals surface area contributed by atoms with Crippen LogP contribution in [0.3, 0.4) is 0 Å². The van der Waals surface area contributed by atoms with Crippen LogP contribution >= 0.6 is 0 Å². The smallest absolute Gasteiger partial charge is 0.0896 e. The number of nitrogens with zero attached hydrogens (tertiary/aromatic N) is 3. The second-order valence-corrected chi connectivity index (χ2v) is 5.19. The zero-order valence-electron chi connectivity index (χ0n) is 12.5. The van der Waals surface area contributed by atoms with E-state index in [9.17, 15) is 0 Å². The zero-order valence-corrected chi connectivity index (χ0v) is 12.5. The molecule has 1 heterocycles. The van der Waals surface area contributed by atoms with Gasteiger partial charge in [-0.15, -0.1) is 0 Å². The number of rotatable bonds is 4. The predicted molar refractivity (Wildman–Crippen MR) is 88.4 cm³/mol. The van der Waals surface area contributed by atoms with E-state index in [1.165, 1.54) is 10.9 Å². The van der Waals surface area contributed by atoms with Crippen molar-refractivity contribution >= 4 is 22.3 Å². The van der Waals surface area contributed by atoms with Crippen LogP contribution in [0, 0.1) is 0 Å². The number of para-hydroxylation sites is 3. The van der Waals surface area contributed by atoms with Crippen LogP contribution in [0.4, 0.5) is 11.4 Å². The molecule has 0 fully saturated rings. The number of benzene rings is 2. The van der Waals surface area contributed by atoms with Gasteiger partial charge in [-0.2, -0.15) is 5.10 Å². The Hall–Kier alpha value is -2.49. The molecule has 21 heavy (non-hydrogen) atoms. The van der Waals surface area contributed by atoms with Gasteiger partial charge < -0.3 is 10.6 Å². The molecule has 0 unspecified atom stereocenters. The summed E-state index contributed by atoms with van der Waals surface area (Å²) in [5.74, 6) is 0. The van der Waals surface area contributed by atoms with Crippen molar-refractivity contribution in [2.75, 3.05) is 17.7 Å². The number of fused-ring (bicyclic) bond motifs is 1. The third-order valence-electron chi connectivity index (χ3n) is 3.77. The van der Waals surface area contributed by atoms with Gasteiger partial charge in [-0.3, -0.25) is 4.68 Å². The average Bonchev–Trinajstić information content (AvgIpc) is 2.86. The van der Waals surface area contributed by atoms with Crippen molar-refractivity contribution in [3.05, 3.63) is 54.2 Å². The molecule has 3 aromatic rings. The van der Waals surface area contributed by atoms with Crippen molar-refractivity contribution in [1.82, 2.24) is 9.78 Å². The minimum atomic E-state index is 0.738. The average molecular weight is 280 g/mol. The van der Waals surface area contributed by atoms with Gasteiger partial charge >= 0.3 is 0 Å². The number of nitrogen functional groups attached to an aromatic ring is 1. The number of aryl methyl sites for hydroxylation is 1. The maximum atomic E-state index is 6.05. The molecule has 2 aromatic carbocycles. The molecule has 0 saturated heterocycles. The molecule has 3 rings (SSSR count). The van der Waals surface area contributed by atoms with Crippen LogP contribution < -0.4 is 10.6 Å². The van der Waals surface area contributed by atoms with Crippen molar-refractivity contribution < 1.29 is 0 Å². The molecule has 4 heteroatoms. The Labute approximate surface area is 124 Å². The fraction of sp³-hybridized carbons (Fsp3) is 0.235. The Bertz CT molecular complexity index is 760. The second kappa shape index (κ2) is 5.48. The molecule has 0 spiro atoms. The highest BCUT2D eigenvalue weighted by Crippen LogP contribution is 2.25. The Morgan fingerprint density at radius 3 is 2.57 bits per heavy atom. The first-order valence-corrected chi connectivity index (χ1v) is 7.20. The van der Waals surface area contributed by atoms with E-state index in [0.717, 1.165) is 30.2 Å². The Kier molecular flexibility index (Phi) is 3.52. The van der Waals surface area contributed by atoms with Gasteiger partial charge in [0, 0.05) is 19.0 Å². The maximum absolute atomic E-state index is 6.05. The summed E-state index contributed by atoms with van der Waals surface area (Å²) in [5, 5.41) is 5.95. The molecule has 0 saturated carbocycles. The first kappa shape index (κ1) is 13.5. The van der Waals surface area contributed by atoms with Crippen LogP contribution in [-0.4, -0.2) is 16.8 Å². The molecule has 0 aliphatic carbocycles. The van der Waals surface area contributed by atoms with E-state index in [1.54, 1.807) is 0 Å². The molecule has 0 amide bonds. The number of hydrogen-bond acceptors (Lipinski definition) is 3. The van der Waals surface area contributed by atoms with Crippen molar-refractivity contribution in [3.8, 4) is 0 Å². The lowest BCUT2D eigenvalue weighted by molar-refractivity contribution is 0.665. The van der Waals surface area contributed by atoms with Gasteiger partial charge in [0.25, 0.3) is 0 Å². The van der Waals surface area contributed by atoms with Gasteiger partial charge in [0.1, 0.15) is 0 Å². The lowest BCUT2D eigenvalue weighted by atomic mass is 10.2. The second-order valence-electron chi connectivity index (χ2n) is 5.19. The quantitative estimate of drug-likeness (QED) is 0.746.